The van der Waals surface area contributed by atoms with Gasteiger partial charge in [-0.25, -0.2) is 4.79 Å². The fraction of sp³-hybridized carbons (Fsp3) is 0.250. The third-order valence-corrected chi connectivity index (χ3v) is 3.01. The second kappa shape index (κ2) is 6.87. The minimum atomic E-state index is -0.560. The van der Waals surface area contributed by atoms with Gasteiger partial charge in [-0.3, -0.25) is 10.1 Å². The Kier molecular flexibility index (Phi) is 5.10. The normalized spacial score (nSPS) is 11.0. The van der Waals surface area contributed by atoms with E-state index in [-0.39, 0.29) is 11.7 Å². The van der Waals surface area contributed by atoms with Crippen LogP contribution >= 0.6 is 15.9 Å². The Bertz CT molecular complexity index is 702. The van der Waals surface area contributed by atoms with Crippen LogP contribution in [0, 0.1) is 0 Å². The van der Waals surface area contributed by atoms with Gasteiger partial charge in [0.15, 0.2) is 10.4 Å². The van der Waals surface area contributed by atoms with E-state index in [2.05, 4.69) is 26.6 Å². The molecule has 0 spiro atoms. The van der Waals surface area contributed by atoms with Crippen molar-refractivity contribution in [3.05, 3.63) is 46.8 Å². The zero-order chi connectivity index (χ0) is 17.0. The number of amides is 2. The summed E-state index contributed by atoms with van der Waals surface area (Å²) >= 11 is 3.14. The topological polar surface area (TPSA) is 80.6 Å². The van der Waals surface area contributed by atoms with Crippen molar-refractivity contribution in [2.75, 3.05) is 10.6 Å². The molecule has 1 aromatic carbocycles. The van der Waals surface area contributed by atoms with Gasteiger partial charge in [0.05, 0.1) is 0 Å². The van der Waals surface area contributed by atoms with Gasteiger partial charge in [-0.15, -0.1) is 0 Å². The molecular formula is C16H17BrN2O4. The molecule has 2 aromatic rings. The highest BCUT2D eigenvalue weighted by Crippen LogP contribution is 2.18. The Morgan fingerprint density at radius 2 is 1.57 bits per heavy atom. The molecule has 1 aromatic heterocycles. The molecule has 0 atom stereocenters. The van der Waals surface area contributed by atoms with E-state index in [9.17, 15) is 9.59 Å². The van der Waals surface area contributed by atoms with Crippen LogP contribution in [-0.2, 0) is 4.74 Å². The van der Waals surface area contributed by atoms with Gasteiger partial charge in [0.2, 0.25) is 0 Å². The lowest BCUT2D eigenvalue weighted by Crippen LogP contribution is -2.27. The van der Waals surface area contributed by atoms with Gasteiger partial charge in [0.25, 0.3) is 5.91 Å². The number of carbonyl (C=O) groups excluding carboxylic acids is 2. The minimum Gasteiger partial charge on any atom is -0.444 e. The molecule has 0 fully saturated rings. The van der Waals surface area contributed by atoms with E-state index >= 15 is 0 Å². The van der Waals surface area contributed by atoms with E-state index in [1.807, 2.05) is 0 Å². The van der Waals surface area contributed by atoms with Crippen molar-refractivity contribution >= 4 is 39.3 Å². The zero-order valence-electron chi connectivity index (χ0n) is 13.0. The second-order valence-corrected chi connectivity index (χ2v) is 6.54. The second-order valence-electron chi connectivity index (χ2n) is 5.76. The van der Waals surface area contributed by atoms with Crippen LogP contribution in [0.5, 0.6) is 0 Å². The maximum absolute atomic E-state index is 11.9. The molecule has 2 amide bonds. The first-order valence-corrected chi connectivity index (χ1v) is 7.69. The number of furan rings is 1. The molecule has 2 N–H and O–H groups in total. The summed E-state index contributed by atoms with van der Waals surface area (Å²) in [7, 11) is 0. The first-order valence-electron chi connectivity index (χ1n) is 6.90. The van der Waals surface area contributed by atoms with Crippen LogP contribution in [0.1, 0.15) is 31.3 Å². The maximum atomic E-state index is 11.9. The highest BCUT2D eigenvalue weighted by molar-refractivity contribution is 9.10. The Morgan fingerprint density at radius 1 is 1.00 bits per heavy atom. The van der Waals surface area contributed by atoms with E-state index in [0.29, 0.717) is 16.0 Å². The smallest absolute Gasteiger partial charge is 0.412 e. The largest absolute Gasteiger partial charge is 0.444 e. The number of nitrogens with one attached hydrogen (secondary N) is 2. The highest BCUT2D eigenvalue weighted by atomic mass is 79.9. The molecule has 0 unspecified atom stereocenters. The van der Waals surface area contributed by atoms with Crippen LogP contribution in [0.15, 0.2) is 45.5 Å². The number of hydrogen-bond donors (Lipinski definition) is 2. The van der Waals surface area contributed by atoms with Crippen LogP contribution in [0.3, 0.4) is 0 Å². The van der Waals surface area contributed by atoms with Crippen molar-refractivity contribution in [3.8, 4) is 0 Å². The first-order chi connectivity index (χ1) is 10.7. The number of anilines is 2. The van der Waals surface area contributed by atoms with Crippen molar-refractivity contribution in [2.24, 2.45) is 0 Å². The number of rotatable bonds is 3. The summed E-state index contributed by atoms with van der Waals surface area (Å²) in [4.78, 5) is 23.6. The molecule has 23 heavy (non-hydrogen) atoms. The Labute approximate surface area is 142 Å². The van der Waals surface area contributed by atoms with Crippen LogP contribution in [0.4, 0.5) is 16.2 Å². The molecule has 0 saturated heterocycles. The standard InChI is InChI=1S/C16H17BrN2O4/c1-16(2,3)23-15(21)19-11-6-4-10(5-7-11)18-14(20)12-8-9-13(17)22-12/h4-9H,1-3H3,(H,18,20)(H,19,21). The lowest BCUT2D eigenvalue weighted by Gasteiger charge is -2.19. The monoisotopic (exact) mass is 380 g/mol. The van der Waals surface area contributed by atoms with Gasteiger partial charge in [-0.1, -0.05) is 0 Å². The summed E-state index contributed by atoms with van der Waals surface area (Å²) in [6, 6.07) is 9.88. The van der Waals surface area contributed by atoms with Gasteiger partial charge in [-0.2, -0.15) is 0 Å². The highest BCUT2D eigenvalue weighted by Gasteiger charge is 2.16. The van der Waals surface area contributed by atoms with Crippen molar-refractivity contribution in [3.63, 3.8) is 0 Å². The predicted octanol–water partition coefficient (Wildman–Crippen LogP) is 4.64. The Balaban J connectivity index is 1.94. The van der Waals surface area contributed by atoms with Crippen molar-refractivity contribution in [1.82, 2.24) is 0 Å². The minimum absolute atomic E-state index is 0.202. The Hall–Kier alpha value is -2.28. The van der Waals surface area contributed by atoms with Crippen LogP contribution in [0.25, 0.3) is 0 Å². The summed E-state index contributed by atoms with van der Waals surface area (Å²) in [6.45, 7) is 5.37. The summed E-state index contributed by atoms with van der Waals surface area (Å²) in [5.74, 6) is -0.156. The molecule has 122 valence electrons. The van der Waals surface area contributed by atoms with Crippen LogP contribution in [-0.4, -0.2) is 17.6 Å². The number of halogens is 1. The number of carbonyl (C=O) groups is 2. The average Bonchev–Trinajstić information content (AvgIpc) is 2.85. The predicted molar refractivity (Wildman–Crippen MR) is 90.7 cm³/mol. The number of benzene rings is 1. The van der Waals surface area contributed by atoms with Gasteiger partial charge >= 0.3 is 6.09 Å². The maximum Gasteiger partial charge on any atom is 0.412 e. The molecule has 0 aliphatic carbocycles. The van der Waals surface area contributed by atoms with E-state index in [0.717, 1.165) is 0 Å². The van der Waals surface area contributed by atoms with Gasteiger partial charge < -0.3 is 14.5 Å². The SMILES string of the molecule is CC(C)(C)OC(=O)Nc1ccc(NC(=O)c2ccc(Br)o2)cc1. The molecule has 6 nitrogen and oxygen atoms in total. The molecule has 0 radical (unpaired) electrons. The Morgan fingerprint density at radius 3 is 2.04 bits per heavy atom. The lowest BCUT2D eigenvalue weighted by molar-refractivity contribution is 0.0635. The quantitative estimate of drug-likeness (QED) is 0.812. The molecule has 0 aliphatic rings. The summed E-state index contributed by atoms with van der Waals surface area (Å²) in [6.07, 6.45) is -0.533. The average molecular weight is 381 g/mol. The van der Waals surface area contributed by atoms with E-state index in [1.54, 1.807) is 57.2 Å². The molecule has 0 bridgehead atoms. The van der Waals surface area contributed by atoms with Crippen LogP contribution in [0.2, 0.25) is 0 Å². The van der Waals surface area contributed by atoms with E-state index in [4.69, 9.17) is 9.15 Å². The third-order valence-electron chi connectivity index (χ3n) is 2.59. The summed E-state index contributed by atoms with van der Waals surface area (Å²) < 4.78 is 10.8. The zero-order valence-corrected chi connectivity index (χ0v) is 14.6. The van der Waals surface area contributed by atoms with Crippen molar-refractivity contribution in [1.29, 1.82) is 0 Å². The van der Waals surface area contributed by atoms with Crippen LogP contribution < -0.4 is 10.6 Å². The fourth-order valence-corrected chi connectivity index (χ4v) is 1.99. The fourth-order valence-electron chi connectivity index (χ4n) is 1.69. The molecule has 1 heterocycles. The van der Waals surface area contributed by atoms with Crippen molar-refractivity contribution in [2.45, 2.75) is 26.4 Å². The molecule has 0 saturated carbocycles. The van der Waals surface area contributed by atoms with Gasteiger partial charge in [-0.05, 0) is 73.1 Å². The van der Waals surface area contributed by atoms with Gasteiger partial charge in [0, 0.05) is 11.4 Å². The van der Waals surface area contributed by atoms with E-state index < -0.39 is 11.7 Å². The number of hydrogen-bond acceptors (Lipinski definition) is 4. The summed E-state index contributed by atoms with van der Waals surface area (Å²) in [5.41, 5.74) is 0.588. The van der Waals surface area contributed by atoms with Crippen molar-refractivity contribution < 1.29 is 18.7 Å². The molecule has 0 aliphatic heterocycles. The third kappa shape index (κ3) is 5.45. The molecular weight excluding hydrogens is 364 g/mol. The summed E-state index contributed by atoms with van der Waals surface area (Å²) in [5, 5.41) is 5.31. The van der Waals surface area contributed by atoms with E-state index in [1.165, 1.54) is 0 Å². The first kappa shape index (κ1) is 17.1. The number of ether oxygens (including phenoxy) is 1. The molecule has 2 rings (SSSR count). The lowest BCUT2D eigenvalue weighted by atomic mass is 10.2. The van der Waals surface area contributed by atoms with Gasteiger partial charge in [0.1, 0.15) is 5.60 Å². The molecule has 7 heteroatoms.